The van der Waals surface area contributed by atoms with E-state index in [0.29, 0.717) is 54.9 Å². The number of rotatable bonds is 19. The van der Waals surface area contributed by atoms with Gasteiger partial charge in [0.2, 0.25) is 17.7 Å². The van der Waals surface area contributed by atoms with E-state index in [1.54, 1.807) is 49.2 Å². The predicted octanol–water partition coefficient (Wildman–Crippen LogP) is 7.61. The molecule has 3 aliphatic rings. The van der Waals surface area contributed by atoms with Gasteiger partial charge in [0.15, 0.2) is 11.4 Å². The van der Waals surface area contributed by atoms with Crippen LogP contribution in [0.1, 0.15) is 125 Å². The third kappa shape index (κ3) is 12.0. The summed E-state index contributed by atoms with van der Waals surface area (Å²) >= 11 is 0. The molecule has 0 radical (unpaired) electrons. The lowest BCUT2D eigenvalue weighted by Crippen LogP contribution is -2.44. The third-order valence-corrected chi connectivity index (χ3v) is 13.0. The smallest absolute Gasteiger partial charge is 0.416 e. The van der Waals surface area contributed by atoms with Crippen LogP contribution in [0.5, 0.6) is 0 Å². The number of hydrogen-bond donors (Lipinski definition) is 2. The number of carbonyl (C=O) groups is 4. The summed E-state index contributed by atoms with van der Waals surface area (Å²) in [4.78, 5) is 76.6. The van der Waals surface area contributed by atoms with Crippen LogP contribution in [-0.2, 0) is 32.5 Å². The van der Waals surface area contributed by atoms with Gasteiger partial charge in [0.05, 0.1) is 22.8 Å². The molecule has 1 saturated heterocycles. The molecule has 4 amide bonds. The minimum absolute atomic E-state index is 0.0889. The van der Waals surface area contributed by atoms with Crippen LogP contribution in [0.2, 0.25) is 0 Å². The largest absolute Gasteiger partial charge is 0.444 e. The Balaban J connectivity index is 0.772. The number of benzene rings is 1. The van der Waals surface area contributed by atoms with Crippen LogP contribution in [0.25, 0.3) is 22.5 Å². The number of amides is 4. The maximum Gasteiger partial charge on any atom is 0.416 e. The van der Waals surface area contributed by atoms with Gasteiger partial charge in [0.1, 0.15) is 23.7 Å². The molecular weight excluding hydrogens is 895 g/mol. The van der Waals surface area contributed by atoms with Crippen molar-refractivity contribution in [3.8, 4) is 11.5 Å². The average Bonchev–Trinajstić information content (AvgIpc) is 3.69. The van der Waals surface area contributed by atoms with Gasteiger partial charge >= 0.3 is 11.8 Å². The number of pyridine rings is 1. The number of para-hydroxylation sites is 1. The van der Waals surface area contributed by atoms with E-state index in [1.807, 2.05) is 18.2 Å². The number of nitrogens with zero attached hydrogens (tertiary/aromatic N) is 8. The van der Waals surface area contributed by atoms with Gasteiger partial charge in [-0.3, -0.25) is 38.4 Å². The van der Waals surface area contributed by atoms with Crippen LogP contribution in [0.3, 0.4) is 0 Å². The summed E-state index contributed by atoms with van der Waals surface area (Å²) in [6.45, 7) is 8.77. The highest BCUT2D eigenvalue weighted by atomic mass is 19.3. The van der Waals surface area contributed by atoms with Crippen molar-refractivity contribution < 1.29 is 41.8 Å². The SMILES string of the molecule is CN(CCCOCCCc1cccc2c1n(C)c(=O)n2C1CCC(=O)NC1=O)C[C@H]1CC[C@H](n2cc(NC(=O)c3coc(-c4ccnc(N(CC5CC5)C(=O)OC(C)(C)C)c4)n3)c(C(F)F)n2)CC1. The van der Waals surface area contributed by atoms with Gasteiger partial charge in [-0.05, 0) is 128 Å². The molecule has 1 aliphatic heterocycles. The Morgan fingerprint density at radius 3 is 2.46 bits per heavy atom. The Morgan fingerprint density at radius 1 is 1.00 bits per heavy atom. The van der Waals surface area contributed by atoms with Crippen LogP contribution >= 0.6 is 0 Å². The third-order valence-electron chi connectivity index (χ3n) is 13.0. The van der Waals surface area contributed by atoms with Crippen LogP contribution < -0.4 is 21.2 Å². The van der Waals surface area contributed by atoms with Crippen molar-refractivity contribution in [2.45, 2.75) is 116 Å². The maximum absolute atomic E-state index is 14.3. The van der Waals surface area contributed by atoms with E-state index >= 15 is 0 Å². The number of piperidine rings is 1. The van der Waals surface area contributed by atoms with Crippen LogP contribution in [0.15, 0.2) is 58.2 Å². The van der Waals surface area contributed by atoms with Crippen LogP contribution in [0, 0.1) is 11.8 Å². The van der Waals surface area contributed by atoms with Crippen molar-refractivity contribution in [2.75, 3.05) is 50.1 Å². The van der Waals surface area contributed by atoms with Crippen molar-refractivity contribution in [1.82, 2.24) is 39.1 Å². The molecule has 20 heteroatoms. The number of aromatic nitrogens is 6. The molecule has 4 aromatic heterocycles. The number of aryl methyl sites for hydroxylation is 2. The molecule has 2 N–H and O–H groups in total. The van der Waals surface area contributed by atoms with Gasteiger partial charge < -0.3 is 24.1 Å². The highest BCUT2D eigenvalue weighted by molar-refractivity contribution is 6.03. The van der Waals surface area contributed by atoms with Crippen molar-refractivity contribution in [3.05, 3.63) is 76.4 Å². The second kappa shape index (κ2) is 21.2. The summed E-state index contributed by atoms with van der Waals surface area (Å²) in [5.41, 5.74) is 1.22. The number of halogens is 2. The number of alkyl halides is 2. The zero-order valence-corrected chi connectivity index (χ0v) is 39.9. The predicted molar refractivity (Wildman–Crippen MR) is 252 cm³/mol. The van der Waals surface area contributed by atoms with Crippen molar-refractivity contribution >= 4 is 46.4 Å². The number of ether oxygens (including phenoxy) is 2. The second-order valence-electron chi connectivity index (χ2n) is 19.6. The summed E-state index contributed by atoms with van der Waals surface area (Å²) in [5.74, 6) is -0.268. The summed E-state index contributed by atoms with van der Waals surface area (Å²) in [6, 6.07) is 8.17. The summed E-state index contributed by atoms with van der Waals surface area (Å²) in [7, 11) is 3.80. The molecule has 69 heavy (non-hydrogen) atoms. The molecule has 18 nitrogen and oxygen atoms in total. The van der Waals surface area contributed by atoms with Gasteiger partial charge in [0.25, 0.3) is 12.3 Å². The van der Waals surface area contributed by atoms with Crippen molar-refractivity contribution in [2.24, 2.45) is 18.9 Å². The normalized spacial score (nSPS) is 18.8. The Kier molecular flexibility index (Phi) is 15.1. The monoisotopic (exact) mass is 956 g/mol. The molecule has 5 aromatic rings. The standard InChI is InChI=1S/C49H62F2N10O8/c1-49(2,3)69-48(66)59(27-31-12-13-31)39-25-33(20-21-52-39)46-54-36(29-68-46)44(63)53-35-28-60(56-41(35)43(50)51)34-16-14-30(15-17-34)26-57(4)22-8-24-67-23-7-10-32-9-6-11-37-42(32)58(5)47(65)61(37)38-18-19-40(62)55-45(38)64/h6,9,11,20-21,25,28-31,34,38,43H,7-8,10,12-19,22-24,26-27H2,1-5H3,(H,53,63)(H,55,62,64)/t30-,34-,38?. The summed E-state index contributed by atoms with van der Waals surface area (Å²) in [6.07, 6.45) is 8.85. The summed E-state index contributed by atoms with van der Waals surface area (Å²) in [5, 5.41) is 9.16. The van der Waals surface area contributed by atoms with E-state index in [4.69, 9.17) is 13.9 Å². The number of oxazole rings is 1. The van der Waals surface area contributed by atoms with E-state index < -0.39 is 41.7 Å². The molecule has 1 atom stereocenters. The van der Waals surface area contributed by atoms with E-state index in [2.05, 4.69) is 37.6 Å². The molecule has 2 aliphatic carbocycles. The van der Waals surface area contributed by atoms with Gasteiger partial charge in [-0.25, -0.2) is 28.3 Å². The average molecular weight is 957 g/mol. The number of nitrogens with one attached hydrogen (secondary N) is 2. The zero-order valence-electron chi connectivity index (χ0n) is 39.9. The first-order valence-corrected chi connectivity index (χ1v) is 23.9. The van der Waals surface area contributed by atoms with E-state index in [0.717, 1.165) is 81.8 Å². The van der Waals surface area contributed by atoms with Gasteiger partial charge in [-0.2, -0.15) is 5.10 Å². The quantitative estimate of drug-likeness (QED) is 0.0607. The number of imidazole rings is 1. The Bertz CT molecular complexity index is 2710. The van der Waals surface area contributed by atoms with Crippen molar-refractivity contribution in [3.63, 3.8) is 0 Å². The first-order chi connectivity index (χ1) is 33.0. The molecule has 0 bridgehead atoms. The number of imide groups is 1. The lowest BCUT2D eigenvalue weighted by Gasteiger charge is -2.31. The number of hydrogen-bond acceptors (Lipinski definition) is 12. The lowest BCUT2D eigenvalue weighted by molar-refractivity contribution is -0.135. The van der Waals surface area contributed by atoms with E-state index in [1.165, 1.54) is 21.9 Å². The lowest BCUT2D eigenvalue weighted by atomic mass is 9.86. The molecule has 0 spiro atoms. The molecular formula is C49H62F2N10O8. The zero-order chi connectivity index (χ0) is 49.0. The fourth-order valence-electron chi connectivity index (χ4n) is 9.36. The maximum atomic E-state index is 14.3. The van der Waals surface area contributed by atoms with Gasteiger partial charge in [-0.15, -0.1) is 0 Å². The Labute approximate surface area is 398 Å². The highest BCUT2D eigenvalue weighted by Crippen LogP contribution is 2.36. The van der Waals surface area contributed by atoms with Crippen LogP contribution in [-0.4, -0.2) is 103 Å². The van der Waals surface area contributed by atoms with Crippen molar-refractivity contribution in [1.29, 1.82) is 0 Å². The topological polar surface area (TPSA) is 201 Å². The minimum atomic E-state index is -2.92. The second-order valence-corrected chi connectivity index (χ2v) is 19.6. The van der Waals surface area contributed by atoms with Gasteiger partial charge in [0, 0.05) is 64.3 Å². The molecule has 5 heterocycles. The Hall–Kier alpha value is -6.28. The highest BCUT2D eigenvalue weighted by Gasteiger charge is 2.34. The van der Waals surface area contributed by atoms with Crippen LogP contribution in [0.4, 0.5) is 25.1 Å². The molecule has 3 fully saturated rings. The van der Waals surface area contributed by atoms with Gasteiger partial charge in [-0.1, -0.05) is 12.1 Å². The fourth-order valence-corrected chi connectivity index (χ4v) is 9.36. The fraction of sp³-hybridized carbons (Fsp3) is 0.551. The first-order valence-electron chi connectivity index (χ1n) is 23.9. The van der Waals surface area contributed by atoms with E-state index in [-0.39, 0.29) is 47.8 Å². The number of anilines is 2. The molecule has 8 rings (SSSR count). The summed E-state index contributed by atoms with van der Waals surface area (Å²) < 4.78 is 50.5. The number of carbonyl (C=O) groups excluding carboxylic acids is 4. The first kappa shape index (κ1) is 49.2. The van der Waals surface area contributed by atoms with E-state index in [9.17, 15) is 32.8 Å². The molecule has 1 aromatic carbocycles. The molecule has 370 valence electrons. The number of fused-ring (bicyclic) bond motifs is 1. The molecule has 2 saturated carbocycles. The molecule has 1 unspecified atom stereocenters. The minimum Gasteiger partial charge on any atom is -0.444 e. The Morgan fingerprint density at radius 2 is 1.74 bits per heavy atom.